The van der Waals surface area contributed by atoms with Crippen molar-refractivity contribution in [3.63, 3.8) is 0 Å². The second-order valence-corrected chi connectivity index (χ2v) is 5.01. The first-order valence-corrected chi connectivity index (χ1v) is 6.52. The number of methoxy groups -OCH3 is 2. The molecule has 0 fully saturated rings. The van der Waals surface area contributed by atoms with Gasteiger partial charge in [0.1, 0.15) is 0 Å². The van der Waals surface area contributed by atoms with Gasteiger partial charge in [-0.2, -0.15) is 0 Å². The molecule has 113 valence electrons. The van der Waals surface area contributed by atoms with Crippen molar-refractivity contribution in [1.82, 2.24) is 0 Å². The van der Waals surface area contributed by atoms with Crippen LogP contribution in [0.1, 0.15) is 36.7 Å². The van der Waals surface area contributed by atoms with E-state index < -0.39 is 0 Å². The minimum Gasteiger partial charge on any atom is -0.384 e. The van der Waals surface area contributed by atoms with Crippen LogP contribution in [-0.2, 0) is 20.2 Å². The number of ketones is 1. The zero-order valence-electron chi connectivity index (χ0n) is 13.2. The number of ether oxygens (including phenoxy) is 2. The maximum absolute atomic E-state index is 12.1. The molecular weight excluding hydrogens is 256 g/mol. The molecule has 0 aliphatic rings. The van der Waals surface area contributed by atoms with Gasteiger partial charge in [0.25, 0.3) is 0 Å². The van der Waals surface area contributed by atoms with Crippen LogP contribution in [0.3, 0.4) is 0 Å². The smallest absolute Gasteiger partial charge is 0.167 e. The Morgan fingerprint density at radius 1 is 1.15 bits per heavy atom. The van der Waals surface area contributed by atoms with E-state index in [4.69, 9.17) is 14.6 Å². The van der Waals surface area contributed by atoms with E-state index in [2.05, 4.69) is 0 Å². The Labute approximate surface area is 121 Å². The predicted octanol–water partition coefficient (Wildman–Crippen LogP) is 3.08. The molecule has 1 rings (SSSR count). The van der Waals surface area contributed by atoms with Crippen molar-refractivity contribution in [3.8, 4) is 0 Å². The van der Waals surface area contributed by atoms with E-state index in [1.807, 2.05) is 45.0 Å². The van der Waals surface area contributed by atoms with Crippen molar-refractivity contribution < 1.29 is 19.4 Å². The minimum atomic E-state index is -0.334. The zero-order chi connectivity index (χ0) is 15.8. The lowest BCUT2D eigenvalue weighted by Gasteiger charge is -2.23. The van der Waals surface area contributed by atoms with Crippen molar-refractivity contribution in [1.29, 1.82) is 0 Å². The lowest BCUT2D eigenvalue weighted by atomic mass is 9.94. The van der Waals surface area contributed by atoms with Crippen LogP contribution in [-0.4, -0.2) is 33.7 Å². The Morgan fingerprint density at radius 3 is 2.05 bits per heavy atom. The summed E-state index contributed by atoms with van der Waals surface area (Å²) in [6, 6.07) is 7.59. The lowest BCUT2D eigenvalue weighted by molar-refractivity contribution is 0.0192. The van der Waals surface area contributed by atoms with Crippen LogP contribution >= 0.6 is 0 Å². The van der Waals surface area contributed by atoms with Gasteiger partial charge in [0.15, 0.2) is 5.78 Å². The molecule has 0 spiro atoms. The molecule has 0 saturated heterocycles. The fourth-order valence-corrected chi connectivity index (χ4v) is 1.76. The molecule has 4 heteroatoms. The Hall–Kier alpha value is -1.23. The minimum absolute atomic E-state index is 0.110. The summed E-state index contributed by atoms with van der Waals surface area (Å²) >= 11 is 0. The van der Waals surface area contributed by atoms with Gasteiger partial charge in [-0.15, -0.1) is 0 Å². The topological polar surface area (TPSA) is 55.4 Å². The van der Waals surface area contributed by atoms with Crippen LogP contribution in [0, 0.1) is 5.92 Å². The molecular formula is C16H25O4. The van der Waals surface area contributed by atoms with Crippen LogP contribution in [0.5, 0.6) is 0 Å². The summed E-state index contributed by atoms with van der Waals surface area (Å²) in [5.74, 6) is -0.00471. The highest BCUT2D eigenvalue weighted by Gasteiger charge is 2.20. The molecule has 1 unspecified atom stereocenters. The Bertz CT molecular complexity index is 395. The van der Waals surface area contributed by atoms with Crippen molar-refractivity contribution in [2.45, 2.75) is 26.4 Å². The maximum atomic E-state index is 12.1. The Kier molecular flexibility index (Phi) is 8.30. The van der Waals surface area contributed by atoms with Crippen LogP contribution in [0.2, 0.25) is 0 Å². The SMILES string of the molecule is COCC(C)C(=O)c1ccc(C(C)(C)OC)cc1.C[O]. The summed E-state index contributed by atoms with van der Waals surface area (Å²) in [6.45, 7) is 6.32. The van der Waals surface area contributed by atoms with Gasteiger partial charge in [0.2, 0.25) is 0 Å². The van der Waals surface area contributed by atoms with Gasteiger partial charge < -0.3 is 9.47 Å². The summed E-state index contributed by atoms with van der Waals surface area (Å²) < 4.78 is 10.4. The summed E-state index contributed by atoms with van der Waals surface area (Å²) in [5.41, 5.74) is 1.44. The summed E-state index contributed by atoms with van der Waals surface area (Å²) in [4.78, 5) is 12.1. The van der Waals surface area contributed by atoms with Gasteiger partial charge in [-0.3, -0.25) is 4.79 Å². The molecule has 1 radical (unpaired) electrons. The highest BCUT2D eigenvalue weighted by Crippen LogP contribution is 2.24. The predicted molar refractivity (Wildman–Crippen MR) is 78.5 cm³/mol. The monoisotopic (exact) mass is 281 g/mol. The largest absolute Gasteiger partial charge is 0.384 e. The second-order valence-electron chi connectivity index (χ2n) is 5.01. The van der Waals surface area contributed by atoms with Crippen LogP contribution < -0.4 is 0 Å². The molecule has 4 nitrogen and oxygen atoms in total. The van der Waals surface area contributed by atoms with Gasteiger partial charge in [0.05, 0.1) is 19.3 Å². The number of Topliss-reactive ketones (excluding diaryl/α,β-unsaturated/α-hetero) is 1. The number of carbonyl (C=O) groups is 1. The number of hydrogen-bond donors (Lipinski definition) is 0. The van der Waals surface area contributed by atoms with Crippen LogP contribution in [0.25, 0.3) is 0 Å². The third-order valence-corrected chi connectivity index (χ3v) is 3.24. The lowest BCUT2D eigenvalue weighted by Crippen LogP contribution is -2.20. The molecule has 20 heavy (non-hydrogen) atoms. The first-order valence-electron chi connectivity index (χ1n) is 6.52. The van der Waals surface area contributed by atoms with Crippen LogP contribution in [0.4, 0.5) is 0 Å². The average Bonchev–Trinajstić information content (AvgIpc) is 2.49. The van der Waals surface area contributed by atoms with Crippen molar-refractivity contribution in [3.05, 3.63) is 35.4 Å². The van der Waals surface area contributed by atoms with E-state index >= 15 is 0 Å². The molecule has 0 saturated carbocycles. The summed E-state index contributed by atoms with van der Waals surface area (Å²) in [6.07, 6.45) is 0. The van der Waals surface area contributed by atoms with E-state index in [0.717, 1.165) is 18.2 Å². The third-order valence-electron chi connectivity index (χ3n) is 3.24. The molecule has 0 heterocycles. The number of hydrogen-bond acceptors (Lipinski definition) is 3. The van der Waals surface area contributed by atoms with E-state index in [1.165, 1.54) is 0 Å². The second kappa shape index (κ2) is 8.84. The van der Waals surface area contributed by atoms with Gasteiger partial charge in [0, 0.05) is 25.7 Å². The highest BCUT2D eigenvalue weighted by molar-refractivity contribution is 5.97. The molecule has 1 aromatic carbocycles. The van der Waals surface area contributed by atoms with E-state index in [1.54, 1.807) is 14.2 Å². The molecule has 1 aromatic rings. The average molecular weight is 281 g/mol. The molecule has 1 atom stereocenters. The first kappa shape index (κ1) is 18.8. The number of rotatable bonds is 6. The molecule has 0 bridgehead atoms. The van der Waals surface area contributed by atoms with Crippen LogP contribution in [0.15, 0.2) is 24.3 Å². The van der Waals surface area contributed by atoms with E-state index in [9.17, 15) is 4.79 Å². The molecule has 0 N–H and O–H groups in total. The standard InChI is InChI=1S/C15H22O3.CH3O/c1-11(10-17-4)14(16)12-6-8-13(9-7-12)15(2,3)18-5;1-2/h6-9,11H,10H2,1-5H3;1H3. The normalized spacial score (nSPS) is 12.3. The first-order chi connectivity index (χ1) is 9.42. The third kappa shape index (κ3) is 5.04. The fraction of sp³-hybridized carbons (Fsp3) is 0.562. The maximum Gasteiger partial charge on any atom is 0.167 e. The quantitative estimate of drug-likeness (QED) is 0.753. The van der Waals surface area contributed by atoms with E-state index in [-0.39, 0.29) is 17.3 Å². The summed E-state index contributed by atoms with van der Waals surface area (Å²) in [7, 11) is 4.04. The van der Waals surface area contributed by atoms with Crippen molar-refractivity contribution >= 4 is 5.78 Å². The summed E-state index contributed by atoms with van der Waals surface area (Å²) in [5, 5.41) is 8.25. The van der Waals surface area contributed by atoms with Gasteiger partial charge in [-0.05, 0) is 19.4 Å². The number of carbonyl (C=O) groups excluding carboxylic acids is 1. The molecule has 0 aliphatic heterocycles. The van der Waals surface area contributed by atoms with E-state index in [0.29, 0.717) is 6.61 Å². The fourth-order valence-electron chi connectivity index (χ4n) is 1.76. The van der Waals surface area contributed by atoms with Crippen molar-refractivity contribution in [2.24, 2.45) is 5.92 Å². The van der Waals surface area contributed by atoms with Crippen molar-refractivity contribution in [2.75, 3.05) is 27.9 Å². The molecule has 0 aliphatic carbocycles. The van der Waals surface area contributed by atoms with Gasteiger partial charge in [-0.1, -0.05) is 31.2 Å². The Morgan fingerprint density at radius 2 is 1.65 bits per heavy atom. The highest BCUT2D eigenvalue weighted by atomic mass is 16.5. The molecule has 0 aromatic heterocycles. The van der Waals surface area contributed by atoms with Gasteiger partial charge >= 0.3 is 0 Å². The number of benzene rings is 1. The Balaban J connectivity index is 0.00000172. The molecule has 0 amide bonds. The van der Waals surface area contributed by atoms with Gasteiger partial charge in [-0.25, -0.2) is 5.11 Å². The zero-order valence-corrected chi connectivity index (χ0v) is 13.2.